The van der Waals surface area contributed by atoms with Crippen LogP contribution in [0.5, 0.6) is 11.5 Å². The lowest BCUT2D eigenvalue weighted by atomic mass is 10.1. The molecule has 0 radical (unpaired) electrons. The first-order valence-corrected chi connectivity index (χ1v) is 5.93. The van der Waals surface area contributed by atoms with Crippen molar-refractivity contribution in [2.75, 3.05) is 18.9 Å². The zero-order valence-electron chi connectivity index (χ0n) is 10.2. The molecule has 0 saturated carbocycles. The van der Waals surface area contributed by atoms with Crippen molar-refractivity contribution >= 4 is 5.95 Å². The van der Waals surface area contributed by atoms with E-state index in [1.165, 1.54) is 0 Å². The molecule has 0 saturated heterocycles. The van der Waals surface area contributed by atoms with Gasteiger partial charge in [-0.2, -0.15) is 0 Å². The summed E-state index contributed by atoms with van der Waals surface area (Å²) in [6.45, 7) is 1.38. The zero-order valence-corrected chi connectivity index (χ0v) is 10.2. The lowest BCUT2D eigenvalue weighted by Gasteiger charge is -2.07. The highest BCUT2D eigenvalue weighted by Gasteiger charge is 2.13. The van der Waals surface area contributed by atoms with Crippen molar-refractivity contribution in [3.63, 3.8) is 0 Å². The molecule has 2 N–H and O–H groups in total. The molecule has 1 aliphatic heterocycles. The third-order valence-electron chi connectivity index (χ3n) is 2.96. The summed E-state index contributed by atoms with van der Waals surface area (Å²) >= 11 is 0. The Balaban J connectivity index is 2.01. The van der Waals surface area contributed by atoms with E-state index in [0.29, 0.717) is 19.2 Å². The molecule has 18 heavy (non-hydrogen) atoms. The Morgan fingerprint density at radius 3 is 2.72 bits per heavy atom. The van der Waals surface area contributed by atoms with Crippen molar-refractivity contribution in [3.8, 4) is 22.8 Å². The van der Waals surface area contributed by atoms with E-state index in [2.05, 4.69) is 4.98 Å². The Labute approximate surface area is 105 Å². The van der Waals surface area contributed by atoms with Gasteiger partial charge in [0.05, 0.1) is 18.9 Å². The first-order valence-electron chi connectivity index (χ1n) is 5.93. The van der Waals surface area contributed by atoms with Crippen LogP contribution < -0.4 is 15.2 Å². The van der Waals surface area contributed by atoms with E-state index in [-0.39, 0.29) is 0 Å². The van der Waals surface area contributed by atoms with Gasteiger partial charge in [-0.05, 0) is 18.2 Å². The number of hydrogen-bond acceptors (Lipinski definition) is 4. The van der Waals surface area contributed by atoms with Crippen LogP contribution >= 0.6 is 0 Å². The van der Waals surface area contributed by atoms with Crippen LogP contribution in [0.2, 0.25) is 0 Å². The van der Waals surface area contributed by atoms with Crippen LogP contribution in [0.1, 0.15) is 6.42 Å². The van der Waals surface area contributed by atoms with Gasteiger partial charge in [0.15, 0.2) is 17.4 Å². The van der Waals surface area contributed by atoms with Crippen LogP contribution in [0.15, 0.2) is 24.4 Å². The van der Waals surface area contributed by atoms with E-state index in [9.17, 15) is 0 Å². The van der Waals surface area contributed by atoms with Crippen LogP contribution in [-0.4, -0.2) is 22.8 Å². The zero-order chi connectivity index (χ0) is 12.5. The minimum absolute atomic E-state index is 0.497. The molecule has 0 spiro atoms. The highest BCUT2D eigenvalue weighted by molar-refractivity contribution is 5.64. The molecule has 2 aromatic rings. The van der Waals surface area contributed by atoms with Gasteiger partial charge in [0.2, 0.25) is 0 Å². The van der Waals surface area contributed by atoms with E-state index in [0.717, 1.165) is 29.2 Å². The number of benzene rings is 1. The molecule has 94 valence electrons. The van der Waals surface area contributed by atoms with E-state index in [1.807, 2.05) is 31.4 Å². The number of anilines is 1. The maximum Gasteiger partial charge on any atom is 0.200 e. The van der Waals surface area contributed by atoms with E-state index in [4.69, 9.17) is 15.2 Å². The topological polar surface area (TPSA) is 62.3 Å². The van der Waals surface area contributed by atoms with Crippen LogP contribution in [-0.2, 0) is 7.05 Å². The van der Waals surface area contributed by atoms with Crippen molar-refractivity contribution in [3.05, 3.63) is 24.4 Å². The molecule has 3 rings (SSSR count). The summed E-state index contributed by atoms with van der Waals surface area (Å²) in [6.07, 6.45) is 2.80. The van der Waals surface area contributed by atoms with E-state index >= 15 is 0 Å². The Hall–Kier alpha value is -2.17. The van der Waals surface area contributed by atoms with E-state index in [1.54, 1.807) is 4.57 Å². The van der Waals surface area contributed by atoms with Gasteiger partial charge in [0.1, 0.15) is 0 Å². The number of imidazole rings is 1. The smallest absolute Gasteiger partial charge is 0.200 e. The lowest BCUT2D eigenvalue weighted by molar-refractivity contribution is 0.297. The van der Waals surface area contributed by atoms with Gasteiger partial charge in [-0.3, -0.25) is 0 Å². The minimum Gasteiger partial charge on any atom is -0.490 e. The average molecular weight is 245 g/mol. The van der Waals surface area contributed by atoms with Gasteiger partial charge < -0.3 is 19.8 Å². The number of fused-ring (bicyclic) bond motifs is 1. The fraction of sp³-hybridized carbons (Fsp3) is 0.308. The highest BCUT2D eigenvalue weighted by atomic mass is 16.5. The van der Waals surface area contributed by atoms with E-state index < -0.39 is 0 Å². The molecular weight excluding hydrogens is 230 g/mol. The number of hydrogen-bond donors (Lipinski definition) is 1. The van der Waals surface area contributed by atoms with Gasteiger partial charge in [0, 0.05) is 25.2 Å². The second-order valence-corrected chi connectivity index (χ2v) is 4.31. The van der Waals surface area contributed by atoms with Crippen molar-refractivity contribution in [1.29, 1.82) is 0 Å². The largest absolute Gasteiger partial charge is 0.490 e. The Morgan fingerprint density at radius 1 is 1.22 bits per heavy atom. The third kappa shape index (κ3) is 1.88. The first-order chi connectivity index (χ1) is 8.74. The predicted octanol–water partition coefficient (Wildman–Crippen LogP) is 1.83. The van der Waals surface area contributed by atoms with Gasteiger partial charge >= 0.3 is 0 Å². The normalized spacial score (nSPS) is 14.3. The number of ether oxygens (including phenoxy) is 2. The molecule has 0 fully saturated rings. The fourth-order valence-corrected chi connectivity index (χ4v) is 1.94. The molecule has 1 aliphatic rings. The summed E-state index contributed by atoms with van der Waals surface area (Å²) in [5.74, 6) is 2.06. The molecule has 0 atom stereocenters. The summed E-state index contributed by atoms with van der Waals surface area (Å²) in [5.41, 5.74) is 7.55. The van der Waals surface area contributed by atoms with Crippen LogP contribution in [0.25, 0.3) is 11.3 Å². The molecule has 5 nitrogen and oxygen atoms in total. The fourth-order valence-electron chi connectivity index (χ4n) is 1.94. The Bertz CT molecular complexity index is 558. The molecular formula is C13H15N3O2. The lowest BCUT2D eigenvalue weighted by Crippen LogP contribution is -1.97. The monoisotopic (exact) mass is 245 g/mol. The number of nitrogen functional groups attached to an aromatic ring is 1. The van der Waals surface area contributed by atoms with Crippen molar-refractivity contribution in [2.24, 2.45) is 7.05 Å². The molecule has 0 unspecified atom stereocenters. The van der Waals surface area contributed by atoms with Gasteiger partial charge in [-0.1, -0.05) is 0 Å². The minimum atomic E-state index is 0.497. The maximum atomic E-state index is 5.74. The van der Waals surface area contributed by atoms with Crippen LogP contribution in [0.4, 0.5) is 5.95 Å². The van der Waals surface area contributed by atoms with Crippen LogP contribution in [0.3, 0.4) is 0 Å². The molecule has 1 aromatic carbocycles. The molecule has 1 aromatic heterocycles. The number of aryl methyl sites for hydroxylation is 1. The van der Waals surface area contributed by atoms with Crippen molar-refractivity contribution in [1.82, 2.24) is 9.55 Å². The molecule has 5 heteroatoms. The maximum absolute atomic E-state index is 5.74. The van der Waals surface area contributed by atoms with Gasteiger partial charge in [0.25, 0.3) is 0 Å². The second-order valence-electron chi connectivity index (χ2n) is 4.31. The second kappa shape index (κ2) is 4.25. The SMILES string of the molecule is Cn1cc(-c2ccc3c(c2)OCCCO3)nc1N. The summed E-state index contributed by atoms with van der Waals surface area (Å²) in [4.78, 5) is 4.30. The number of nitrogens with zero attached hydrogens (tertiary/aromatic N) is 2. The molecule has 0 aliphatic carbocycles. The highest BCUT2D eigenvalue weighted by Crippen LogP contribution is 2.33. The summed E-state index contributed by atoms with van der Waals surface area (Å²) in [7, 11) is 1.87. The van der Waals surface area contributed by atoms with Gasteiger partial charge in [-0.25, -0.2) is 4.98 Å². The summed E-state index contributed by atoms with van der Waals surface area (Å²) in [6, 6.07) is 5.83. The molecule has 0 amide bonds. The van der Waals surface area contributed by atoms with Crippen LogP contribution in [0, 0.1) is 0 Å². The molecule has 0 bridgehead atoms. The molecule has 2 heterocycles. The quantitative estimate of drug-likeness (QED) is 0.832. The Kier molecular flexibility index (Phi) is 2.59. The number of nitrogens with two attached hydrogens (primary N) is 1. The van der Waals surface area contributed by atoms with Crippen molar-refractivity contribution in [2.45, 2.75) is 6.42 Å². The standard InChI is InChI=1S/C13H15N3O2/c1-16-8-10(15-13(16)14)9-3-4-11-12(7-9)18-6-2-5-17-11/h3-4,7-8H,2,5-6H2,1H3,(H2,14,15). The number of rotatable bonds is 1. The first kappa shape index (κ1) is 11.0. The summed E-state index contributed by atoms with van der Waals surface area (Å²) in [5, 5.41) is 0. The predicted molar refractivity (Wildman–Crippen MR) is 68.7 cm³/mol. The third-order valence-corrected chi connectivity index (χ3v) is 2.96. The average Bonchev–Trinajstić information content (AvgIpc) is 2.60. The Morgan fingerprint density at radius 2 is 2.00 bits per heavy atom. The summed E-state index contributed by atoms with van der Waals surface area (Å²) < 4.78 is 13.0. The van der Waals surface area contributed by atoms with Crippen molar-refractivity contribution < 1.29 is 9.47 Å². The number of aromatic nitrogens is 2. The van der Waals surface area contributed by atoms with Gasteiger partial charge in [-0.15, -0.1) is 0 Å².